The van der Waals surface area contributed by atoms with Crippen molar-refractivity contribution in [2.24, 2.45) is 0 Å². The molecule has 5 aromatic carbocycles. The van der Waals surface area contributed by atoms with Gasteiger partial charge in [-0.1, -0.05) is 78.3 Å². The molecular formula is C32H22BrNS2. The molecule has 0 aliphatic carbocycles. The SMILES string of the molecule is Brc1ccc2c3cc4c(cc3n(-c3ccc5c(c3)sc3ccccc35)c2c1)sc1ccccc14.CC. The molecule has 0 atom stereocenters. The van der Waals surface area contributed by atoms with Crippen LogP contribution in [0, 0.1) is 0 Å². The van der Waals surface area contributed by atoms with E-state index in [1.54, 1.807) is 0 Å². The first-order valence-corrected chi connectivity index (χ1v) is 14.6. The Hall–Kier alpha value is -3.18. The zero-order valence-electron chi connectivity index (χ0n) is 19.9. The van der Waals surface area contributed by atoms with Crippen molar-refractivity contribution in [2.75, 3.05) is 0 Å². The Morgan fingerprint density at radius 1 is 0.500 bits per heavy atom. The lowest BCUT2D eigenvalue weighted by Crippen LogP contribution is -1.93. The molecule has 0 aliphatic heterocycles. The number of hydrogen-bond donors (Lipinski definition) is 0. The monoisotopic (exact) mass is 563 g/mol. The molecule has 0 bridgehead atoms. The molecule has 4 heteroatoms. The lowest BCUT2D eigenvalue weighted by Gasteiger charge is -2.08. The largest absolute Gasteiger partial charge is 0.309 e. The van der Waals surface area contributed by atoms with Crippen LogP contribution in [-0.4, -0.2) is 4.57 Å². The molecule has 0 spiro atoms. The summed E-state index contributed by atoms with van der Waals surface area (Å²) in [5.74, 6) is 0. The number of halogens is 1. The zero-order valence-corrected chi connectivity index (χ0v) is 23.1. The van der Waals surface area contributed by atoms with Gasteiger partial charge in [0.25, 0.3) is 0 Å². The summed E-state index contributed by atoms with van der Waals surface area (Å²) in [6, 6.07) is 35.8. The second-order valence-corrected chi connectivity index (χ2v) is 11.8. The van der Waals surface area contributed by atoms with Gasteiger partial charge >= 0.3 is 0 Å². The Kier molecular flexibility index (Phi) is 5.17. The first-order chi connectivity index (χ1) is 17.7. The normalized spacial score (nSPS) is 11.8. The van der Waals surface area contributed by atoms with Gasteiger partial charge in [-0.25, -0.2) is 0 Å². The molecule has 0 N–H and O–H groups in total. The van der Waals surface area contributed by atoms with Gasteiger partial charge in [-0.2, -0.15) is 0 Å². The molecule has 0 saturated carbocycles. The van der Waals surface area contributed by atoms with E-state index in [0.29, 0.717) is 0 Å². The van der Waals surface area contributed by atoms with Gasteiger partial charge in [-0.05, 0) is 48.5 Å². The molecule has 0 unspecified atom stereocenters. The first-order valence-electron chi connectivity index (χ1n) is 12.2. The van der Waals surface area contributed by atoms with E-state index in [1.807, 2.05) is 36.5 Å². The van der Waals surface area contributed by atoms with Crippen LogP contribution >= 0.6 is 38.6 Å². The van der Waals surface area contributed by atoms with Crippen LogP contribution in [0.15, 0.2) is 102 Å². The highest BCUT2D eigenvalue weighted by atomic mass is 79.9. The quantitative estimate of drug-likeness (QED) is 0.187. The molecular weight excluding hydrogens is 542 g/mol. The van der Waals surface area contributed by atoms with Crippen LogP contribution in [0.5, 0.6) is 0 Å². The highest BCUT2D eigenvalue weighted by Crippen LogP contribution is 2.42. The summed E-state index contributed by atoms with van der Waals surface area (Å²) in [4.78, 5) is 0. The van der Waals surface area contributed by atoms with Crippen LogP contribution in [0.25, 0.3) is 67.8 Å². The van der Waals surface area contributed by atoms with Crippen molar-refractivity contribution in [1.29, 1.82) is 0 Å². The van der Waals surface area contributed by atoms with Crippen molar-refractivity contribution in [1.82, 2.24) is 4.57 Å². The average molecular weight is 565 g/mol. The van der Waals surface area contributed by atoms with Gasteiger partial charge in [0.1, 0.15) is 0 Å². The van der Waals surface area contributed by atoms with Crippen LogP contribution in [0.1, 0.15) is 13.8 Å². The van der Waals surface area contributed by atoms with E-state index in [4.69, 9.17) is 0 Å². The molecule has 8 aromatic rings. The smallest absolute Gasteiger partial charge is 0.0555 e. The van der Waals surface area contributed by atoms with E-state index in [0.717, 1.165) is 4.47 Å². The number of rotatable bonds is 1. The minimum absolute atomic E-state index is 1.10. The second kappa shape index (κ2) is 8.45. The first kappa shape index (κ1) is 22.1. The third kappa shape index (κ3) is 3.18. The van der Waals surface area contributed by atoms with Crippen molar-refractivity contribution < 1.29 is 0 Å². The summed E-state index contributed by atoms with van der Waals surface area (Å²) in [6.45, 7) is 4.00. The fourth-order valence-electron chi connectivity index (χ4n) is 5.34. The lowest BCUT2D eigenvalue weighted by molar-refractivity contribution is 1.19. The van der Waals surface area contributed by atoms with E-state index in [9.17, 15) is 0 Å². The van der Waals surface area contributed by atoms with Crippen molar-refractivity contribution in [3.05, 3.63) is 102 Å². The third-order valence-corrected chi connectivity index (χ3v) is 9.61. The van der Waals surface area contributed by atoms with E-state index in [1.165, 1.54) is 67.8 Å². The van der Waals surface area contributed by atoms with Crippen LogP contribution in [-0.2, 0) is 0 Å². The van der Waals surface area contributed by atoms with Crippen molar-refractivity contribution in [3.8, 4) is 5.69 Å². The Labute approximate surface area is 225 Å². The Balaban J connectivity index is 0.00000108. The number of benzene rings is 5. The Bertz CT molecular complexity index is 2090. The van der Waals surface area contributed by atoms with Gasteiger partial charge in [-0.3, -0.25) is 0 Å². The highest BCUT2D eigenvalue weighted by molar-refractivity contribution is 9.10. The lowest BCUT2D eigenvalue weighted by atomic mass is 10.1. The number of nitrogens with zero attached hydrogens (tertiary/aromatic N) is 1. The van der Waals surface area contributed by atoms with Crippen molar-refractivity contribution >= 4 is 101 Å². The molecule has 174 valence electrons. The molecule has 36 heavy (non-hydrogen) atoms. The second-order valence-electron chi connectivity index (χ2n) is 8.74. The predicted octanol–water partition coefficient (Wildman–Crippen LogP) is 11.3. The minimum Gasteiger partial charge on any atom is -0.309 e. The van der Waals surface area contributed by atoms with Gasteiger partial charge in [0, 0.05) is 61.3 Å². The number of thiophene rings is 2. The van der Waals surface area contributed by atoms with Gasteiger partial charge in [0.05, 0.1) is 11.0 Å². The average Bonchev–Trinajstić information content (AvgIpc) is 3.56. The molecule has 3 aromatic heterocycles. The van der Waals surface area contributed by atoms with Gasteiger partial charge in [-0.15, -0.1) is 22.7 Å². The maximum Gasteiger partial charge on any atom is 0.0555 e. The highest BCUT2D eigenvalue weighted by Gasteiger charge is 2.16. The van der Waals surface area contributed by atoms with E-state index >= 15 is 0 Å². The summed E-state index contributed by atoms with van der Waals surface area (Å²) < 4.78 is 8.87. The Morgan fingerprint density at radius 3 is 1.83 bits per heavy atom. The predicted molar refractivity (Wildman–Crippen MR) is 166 cm³/mol. The number of hydrogen-bond acceptors (Lipinski definition) is 2. The van der Waals surface area contributed by atoms with E-state index in [-0.39, 0.29) is 0 Å². The molecule has 0 saturated heterocycles. The molecule has 8 rings (SSSR count). The number of fused-ring (bicyclic) bond motifs is 9. The van der Waals surface area contributed by atoms with Crippen LogP contribution in [0.2, 0.25) is 0 Å². The topological polar surface area (TPSA) is 4.93 Å². The summed E-state index contributed by atoms with van der Waals surface area (Å²) >= 11 is 7.47. The third-order valence-electron chi connectivity index (χ3n) is 6.85. The molecule has 3 heterocycles. The molecule has 0 amide bonds. The maximum absolute atomic E-state index is 3.72. The van der Waals surface area contributed by atoms with Crippen LogP contribution < -0.4 is 0 Å². The van der Waals surface area contributed by atoms with Crippen LogP contribution in [0.3, 0.4) is 0 Å². The fourth-order valence-corrected chi connectivity index (χ4v) is 7.95. The molecule has 0 fully saturated rings. The van der Waals surface area contributed by atoms with Gasteiger partial charge in [0.15, 0.2) is 0 Å². The molecule has 0 aliphatic rings. The zero-order chi connectivity index (χ0) is 24.4. The van der Waals surface area contributed by atoms with E-state index in [2.05, 4.69) is 118 Å². The minimum atomic E-state index is 1.10. The summed E-state index contributed by atoms with van der Waals surface area (Å²) in [6.07, 6.45) is 0. The maximum atomic E-state index is 3.72. The van der Waals surface area contributed by atoms with Gasteiger partial charge < -0.3 is 4.57 Å². The standard InChI is InChI=1S/C30H16BrNS2.C2H6/c31-17-9-11-19-23-15-24-21-6-2-4-8-28(21)34-30(24)16-26(23)32(25(19)13-17)18-10-12-22-20-5-1-3-7-27(20)33-29(22)14-18;1-2/h1-16H;1-2H3. The summed E-state index contributed by atoms with van der Waals surface area (Å²) in [5, 5.41) is 7.94. The van der Waals surface area contributed by atoms with Crippen LogP contribution in [0.4, 0.5) is 0 Å². The van der Waals surface area contributed by atoms with Gasteiger partial charge in [0.2, 0.25) is 0 Å². The fraction of sp³-hybridized carbons (Fsp3) is 0.0625. The molecule has 1 nitrogen and oxygen atoms in total. The van der Waals surface area contributed by atoms with Crippen molar-refractivity contribution in [3.63, 3.8) is 0 Å². The summed E-state index contributed by atoms with van der Waals surface area (Å²) in [5.41, 5.74) is 3.69. The molecule has 0 radical (unpaired) electrons. The Morgan fingerprint density at radius 2 is 1.08 bits per heavy atom. The summed E-state index contributed by atoms with van der Waals surface area (Å²) in [7, 11) is 0. The van der Waals surface area contributed by atoms with E-state index < -0.39 is 0 Å². The number of aromatic nitrogens is 1. The van der Waals surface area contributed by atoms with Crippen molar-refractivity contribution in [2.45, 2.75) is 13.8 Å².